The average Bonchev–Trinajstić information content (AvgIpc) is 2.66. The van der Waals surface area contributed by atoms with Crippen molar-refractivity contribution < 1.29 is 22.7 Å². The van der Waals surface area contributed by atoms with Crippen LogP contribution in [0.15, 0.2) is 30.3 Å². The van der Waals surface area contributed by atoms with Crippen LogP contribution in [0.3, 0.4) is 0 Å². The van der Waals surface area contributed by atoms with E-state index in [-0.39, 0.29) is 24.7 Å². The molecule has 2 aliphatic rings. The minimum atomic E-state index is -3.54. The number of nitrogens with zero attached hydrogens (tertiary/aromatic N) is 3. The third-order valence-electron chi connectivity index (χ3n) is 4.74. The van der Waals surface area contributed by atoms with Crippen molar-refractivity contribution in [2.75, 3.05) is 45.9 Å². The van der Waals surface area contributed by atoms with E-state index in [0.29, 0.717) is 45.0 Å². The lowest BCUT2D eigenvalue weighted by atomic mass is 10.3. The van der Waals surface area contributed by atoms with E-state index in [1.165, 1.54) is 8.61 Å². The molecule has 0 radical (unpaired) electrons. The summed E-state index contributed by atoms with van der Waals surface area (Å²) in [5.74, 6) is 0.507. The molecule has 9 heteroatoms. The van der Waals surface area contributed by atoms with Gasteiger partial charge >= 0.3 is 0 Å². The van der Waals surface area contributed by atoms with Crippen molar-refractivity contribution in [2.45, 2.75) is 26.1 Å². The largest absolute Gasteiger partial charge is 0.484 e. The second-order valence-corrected chi connectivity index (χ2v) is 8.89. The Bertz CT molecular complexity index is 725. The zero-order chi connectivity index (χ0) is 19.4. The van der Waals surface area contributed by atoms with Gasteiger partial charge in [0.25, 0.3) is 16.1 Å². The molecule has 0 aliphatic carbocycles. The molecule has 1 aromatic rings. The summed E-state index contributed by atoms with van der Waals surface area (Å²) < 4.78 is 39.8. The molecule has 3 rings (SSSR count). The van der Waals surface area contributed by atoms with E-state index in [2.05, 4.69) is 0 Å². The number of hydrogen-bond acceptors (Lipinski definition) is 5. The van der Waals surface area contributed by atoms with Gasteiger partial charge in [-0.2, -0.15) is 17.0 Å². The van der Waals surface area contributed by atoms with Crippen molar-refractivity contribution in [3.63, 3.8) is 0 Å². The molecule has 8 nitrogen and oxygen atoms in total. The van der Waals surface area contributed by atoms with Crippen molar-refractivity contribution in [1.82, 2.24) is 13.5 Å². The summed E-state index contributed by atoms with van der Waals surface area (Å²) in [4.78, 5) is 14.0. The third kappa shape index (κ3) is 4.98. The molecular formula is C18H27N3O5S. The van der Waals surface area contributed by atoms with E-state index >= 15 is 0 Å². The fraction of sp³-hybridized carbons (Fsp3) is 0.611. The Hall–Kier alpha value is -1.68. The van der Waals surface area contributed by atoms with Crippen molar-refractivity contribution in [3.8, 4) is 5.75 Å². The summed E-state index contributed by atoms with van der Waals surface area (Å²) in [5, 5.41) is 0. The molecule has 27 heavy (non-hydrogen) atoms. The van der Waals surface area contributed by atoms with Crippen LogP contribution >= 0.6 is 0 Å². The van der Waals surface area contributed by atoms with Crippen molar-refractivity contribution in [3.05, 3.63) is 30.3 Å². The first-order valence-electron chi connectivity index (χ1n) is 9.22. The van der Waals surface area contributed by atoms with Gasteiger partial charge in [0.1, 0.15) is 5.75 Å². The zero-order valence-corrected chi connectivity index (χ0v) is 16.6. The maximum absolute atomic E-state index is 12.9. The molecule has 0 spiro atoms. The maximum Gasteiger partial charge on any atom is 0.282 e. The molecule has 0 saturated carbocycles. The molecule has 1 amide bonds. The van der Waals surface area contributed by atoms with E-state index in [9.17, 15) is 13.2 Å². The number of carbonyl (C=O) groups is 1. The SMILES string of the molecule is C[C@H]1CN(S(=O)(=O)N2CCN(C(=O)COc3ccccc3)CC2)C[C@H](C)O1. The Labute approximate surface area is 160 Å². The summed E-state index contributed by atoms with van der Waals surface area (Å²) in [6, 6.07) is 9.15. The number of hydrogen-bond donors (Lipinski definition) is 0. The van der Waals surface area contributed by atoms with Crippen LogP contribution in [0.5, 0.6) is 5.75 Å². The molecule has 2 heterocycles. The Morgan fingerprint density at radius 1 is 1.04 bits per heavy atom. The highest BCUT2D eigenvalue weighted by molar-refractivity contribution is 7.86. The third-order valence-corrected chi connectivity index (χ3v) is 6.70. The van der Waals surface area contributed by atoms with Gasteiger partial charge in [0.15, 0.2) is 6.61 Å². The normalized spacial score (nSPS) is 25.3. The van der Waals surface area contributed by atoms with Crippen molar-refractivity contribution >= 4 is 16.1 Å². The van der Waals surface area contributed by atoms with Crippen LogP contribution in [-0.4, -0.2) is 85.9 Å². The number of ether oxygens (including phenoxy) is 2. The van der Waals surface area contributed by atoms with Gasteiger partial charge in [-0.1, -0.05) is 18.2 Å². The molecule has 2 fully saturated rings. The predicted molar refractivity (Wildman–Crippen MR) is 101 cm³/mol. The maximum atomic E-state index is 12.9. The number of para-hydroxylation sites is 1. The van der Waals surface area contributed by atoms with Crippen LogP contribution in [-0.2, 0) is 19.7 Å². The molecule has 150 valence electrons. The quantitative estimate of drug-likeness (QED) is 0.726. The minimum Gasteiger partial charge on any atom is -0.484 e. The Morgan fingerprint density at radius 2 is 1.63 bits per heavy atom. The van der Waals surface area contributed by atoms with Gasteiger partial charge in [-0.3, -0.25) is 4.79 Å². The van der Waals surface area contributed by atoms with Gasteiger partial charge < -0.3 is 14.4 Å². The minimum absolute atomic E-state index is 0.0464. The average molecular weight is 397 g/mol. The number of rotatable bonds is 5. The van der Waals surface area contributed by atoms with E-state index in [1.807, 2.05) is 32.0 Å². The summed E-state index contributed by atoms with van der Waals surface area (Å²) >= 11 is 0. The van der Waals surface area contributed by atoms with E-state index in [4.69, 9.17) is 9.47 Å². The fourth-order valence-corrected chi connectivity index (χ4v) is 5.15. The van der Waals surface area contributed by atoms with E-state index in [1.54, 1.807) is 17.0 Å². The monoisotopic (exact) mass is 397 g/mol. The first-order chi connectivity index (χ1) is 12.9. The molecule has 0 unspecified atom stereocenters. The Balaban J connectivity index is 1.51. The smallest absolute Gasteiger partial charge is 0.282 e. The molecule has 2 saturated heterocycles. The second kappa shape index (κ2) is 8.55. The van der Waals surface area contributed by atoms with Gasteiger partial charge in [-0.05, 0) is 26.0 Å². The fourth-order valence-electron chi connectivity index (χ4n) is 3.40. The van der Waals surface area contributed by atoms with Gasteiger partial charge in [-0.15, -0.1) is 0 Å². The zero-order valence-electron chi connectivity index (χ0n) is 15.8. The van der Waals surface area contributed by atoms with E-state index in [0.717, 1.165) is 0 Å². The predicted octanol–water partition coefficient (Wildman–Crippen LogP) is 0.564. The standard InChI is InChI=1S/C18H27N3O5S/c1-15-12-21(13-16(2)26-15)27(23,24)20-10-8-19(9-11-20)18(22)14-25-17-6-4-3-5-7-17/h3-7,15-16H,8-14H2,1-2H3/t15-,16-/m0/s1. The van der Waals surface area contributed by atoms with Crippen LogP contribution < -0.4 is 4.74 Å². The molecule has 1 aromatic carbocycles. The summed E-state index contributed by atoms with van der Waals surface area (Å²) in [5.41, 5.74) is 0. The first-order valence-corrected chi connectivity index (χ1v) is 10.6. The summed E-state index contributed by atoms with van der Waals surface area (Å²) in [6.07, 6.45) is -0.247. The lowest BCUT2D eigenvalue weighted by Gasteiger charge is -2.40. The van der Waals surface area contributed by atoms with Crippen LogP contribution in [0.1, 0.15) is 13.8 Å². The van der Waals surface area contributed by atoms with Crippen molar-refractivity contribution in [1.29, 1.82) is 0 Å². The molecule has 2 aliphatic heterocycles. The Kier molecular flexibility index (Phi) is 6.36. The van der Waals surface area contributed by atoms with Crippen LogP contribution in [0.4, 0.5) is 0 Å². The molecular weight excluding hydrogens is 370 g/mol. The highest BCUT2D eigenvalue weighted by Gasteiger charge is 2.37. The Morgan fingerprint density at radius 3 is 2.22 bits per heavy atom. The van der Waals surface area contributed by atoms with Crippen molar-refractivity contribution in [2.24, 2.45) is 0 Å². The second-order valence-electron chi connectivity index (χ2n) is 6.96. The summed E-state index contributed by atoms with van der Waals surface area (Å²) in [6.45, 7) is 5.74. The van der Waals surface area contributed by atoms with Gasteiger partial charge in [-0.25, -0.2) is 0 Å². The van der Waals surface area contributed by atoms with Crippen LogP contribution in [0, 0.1) is 0 Å². The lowest BCUT2D eigenvalue weighted by Crippen LogP contribution is -2.58. The van der Waals surface area contributed by atoms with Crippen LogP contribution in [0.25, 0.3) is 0 Å². The van der Waals surface area contributed by atoms with E-state index < -0.39 is 10.2 Å². The highest BCUT2D eigenvalue weighted by atomic mass is 32.2. The van der Waals surface area contributed by atoms with Gasteiger partial charge in [0.2, 0.25) is 0 Å². The van der Waals surface area contributed by atoms with Crippen LogP contribution in [0.2, 0.25) is 0 Å². The summed E-state index contributed by atoms with van der Waals surface area (Å²) in [7, 11) is -3.54. The number of piperazine rings is 1. The number of morpholine rings is 1. The topological polar surface area (TPSA) is 79.4 Å². The molecule has 0 N–H and O–H groups in total. The number of amides is 1. The first kappa shape index (κ1) is 20.1. The van der Waals surface area contributed by atoms with Gasteiger partial charge in [0, 0.05) is 39.3 Å². The number of benzene rings is 1. The molecule has 2 atom stereocenters. The number of carbonyl (C=O) groups excluding carboxylic acids is 1. The highest BCUT2D eigenvalue weighted by Crippen LogP contribution is 2.19. The molecule has 0 bridgehead atoms. The lowest BCUT2D eigenvalue weighted by molar-refractivity contribution is -0.134. The van der Waals surface area contributed by atoms with Gasteiger partial charge in [0.05, 0.1) is 12.2 Å². The molecule has 0 aromatic heterocycles.